The minimum Gasteiger partial charge on any atom is -0.480 e. The first-order valence-corrected chi connectivity index (χ1v) is 10.1. The molecule has 1 unspecified atom stereocenters. The lowest BCUT2D eigenvalue weighted by Crippen LogP contribution is -2.43. The van der Waals surface area contributed by atoms with Crippen LogP contribution in [0.15, 0.2) is 46.9 Å². The molecule has 150 valence electrons. The Kier molecular flexibility index (Phi) is 7.04. The van der Waals surface area contributed by atoms with Crippen LogP contribution in [0.25, 0.3) is 0 Å². The standard InChI is InChI=1S/C21H25BrFN3O2/c1-15(28-20-7-6-17(23)13-19(20)22)21(27)24-18-5-3-4-16(12-18)14-26-10-8-25(2)9-11-26/h3-7,12-13,15H,8-11,14H2,1-2H3,(H,24,27). The molecule has 1 amide bonds. The molecule has 1 saturated heterocycles. The number of halogens is 2. The normalized spacial score (nSPS) is 16.6. The number of anilines is 1. The molecule has 0 radical (unpaired) electrons. The second-order valence-electron chi connectivity index (χ2n) is 7.10. The molecule has 0 saturated carbocycles. The van der Waals surface area contributed by atoms with Crippen molar-refractivity contribution in [3.05, 3.63) is 58.3 Å². The van der Waals surface area contributed by atoms with Gasteiger partial charge in [-0.15, -0.1) is 0 Å². The largest absolute Gasteiger partial charge is 0.480 e. The zero-order valence-corrected chi connectivity index (χ0v) is 17.7. The van der Waals surface area contributed by atoms with Crippen molar-refractivity contribution in [3.63, 3.8) is 0 Å². The summed E-state index contributed by atoms with van der Waals surface area (Å²) < 4.78 is 19.3. The molecule has 0 aromatic heterocycles. The first-order chi connectivity index (χ1) is 13.4. The zero-order valence-electron chi connectivity index (χ0n) is 16.1. The van der Waals surface area contributed by atoms with E-state index in [0.717, 1.165) is 44.0 Å². The summed E-state index contributed by atoms with van der Waals surface area (Å²) in [6.07, 6.45) is -0.719. The highest BCUT2D eigenvalue weighted by molar-refractivity contribution is 9.10. The maximum absolute atomic E-state index is 13.2. The highest BCUT2D eigenvalue weighted by atomic mass is 79.9. The number of nitrogens with one attached hydrogen (secondary N) is 1. The van der Waals surface area contributed by atoms with Crippen LogP contribution >= 0.6 is 15.9 Å². The van der Waals surface area contributed by atoms with E-state index in [4.69, 9.17) is 4.74 Å². The van der Waals surface area contributed by atoms with Gasteiger partial charge in [0.15, 0.2) is 6.10 Å². The summed E-state index contributed by atoms with van der Waals surface area (Å²) in [4.78, 5) is 17.2. The predicted molar refractivity (Wildman–Crippen MR) is 112 cm³/mol. The summed E-state index contributed by atoms with van der Waals surface area (Å²) in [6, 6.07) is 12.0. The van der Waals surface area contributed by atoms with Gasteiger partial charge in [-0.2, -0.15) is 0 Å². The van der Waals surface area contributed by atoms with Crippen molar-refractivity contribution in [1.29, 1.82) is 0 Å². The van der Waals surface area contributed by atoms with Crippen molar-refractivity contribution in [2.45, 2.75) is 19.6 Å². The highest BCUT2D eigenvalue weighted by Gasteiger charge is 2.17. The van der Waals surface area contributed by atoms with Gasteiger partial charge in [-0.25, -0.2) is 4.39 Å². The number of carbonyl (C=O) groups excluding carboxylic acids is 1. The minimum atomic E-state index is -0.719. The maximum Gasteiger partial charge on any atom is 0.265 e. The van der Waals surface area contributed by atoms with Crippen LogP contribution in [0.2, 0.25) is 0 Å². The van der Waals surface area contributed by atoms with Gasteiger partial charge in [-0.3, -0.25) is 9.69 Å². The quantitative estimate of drug-likeness (QED) is 0.729. The Morgan fingerprint density at radius 2 is 1.96 bits per heavy atom. The Bertz CT molecular complexity index is 825. The molecule has 2 aromatic rings. The van der Waals surface area contributed by atoms with Gasteiger partial charge in [-0.1, -0.05) is 12.1 Å². The Labute approximate surface area is 173 Å². The maximum atomic E-state index is 13.2. The van der Waals surface area contributed by atoms with E-state index in [-0.39, 0.29) is 11.7 Å². The topological polar surface area (TPSA) is 44.8 Å². The predicted octanol–water partition coefficient (Wildman–Crippen LogP) is 3.74. The van der Waals surface area contributed by atoms with Crippen molar-refractivity contribution < 1.29 is 13.9 Å². The molecule has 28 heavy (non-hydrogen) atoms. The number of carbonyl (C=O) groups is 1. The number of hydrogen-bond donors (Lipinski definition) is 1. The molecule has 3 rings (SSSR count). The molecule has 0 aliphatic carbocycles. The molecule has 1 aliphatic rings. The average molecular weight is 450 g/mol. The smallest absolute Gasteiger partial charge is 0.265 e. The number of ether oxygens (including phenoxy) is 1. The second-order valence-corrected chi connectivity index (χ2v) is 7.96. The molecule has 1 aliphatic heterocycles. The number of benzene rings is 2. The first-order valence-electron chi connectivity index (χ1n) is 9.33. The molecule has 7 heteroatoms. The summed E-state index contributed by atoms with van der Waals surface area (Å²) in [5, 5.41) is 2.90. The van der Waals surface area contributed by atoms with Crippen LogP contribution in [0.1, 0.15) is 12.5 Å². The van der Waals surface area contributed by atoms with E-state index in [1.165, 1.54) is 18.2 Å². The molecule has 2 aromatic carbocycles. The number of nitrogens with zero attached hydrogens (tertiary/aromatic N) is 2. The molecule has 1 heterocycles. The monoisotopic (exact) mass is 449 g/mol. The number of piperazine rings is 1. The fourth-order valence-corrected chi connectivity index (χ4v) is 3.51. The summed E-state index contributed by atoms with van der Waals surface area (Å²) >= 11 is 3.25. The molecule has 1 atom stereocenters. The number of likely N-dealkylation sites (N-methyl/N-ethyl adjacent to an activating group) is 1. The van der Waals surface area contributed by atoms with E-state index >= 15 is 0 Å². The van der Waals surface area contributed by atoms with E-state index in [1.807, 2.05) is 18.2 Å². The van der Waals surface area contributed by atoms with Gasteiger partial charge >= 0.3 is 0 Å². The summed E-state index contributed by atoms with van der Waals surface area (Å²) in [6.45, 7) is 6.77. The van der Waals surface area contributed by atoms with Crippen molar-refractivity contribution in [2.24, 2.45) is 0 Å². The van der Waals surface area contributed by atoms with Crippen molar-refractivity contribution in [3.8, 4) is 5.75 Å². The van der Waals surface area contributed by atoms with Gasteiger partial charge in [0.25, 0.3) is 5.91 Å². The highest BCUT2D eigenvalue weighted by Crippen LogP contribution is 2.26. The van der Waals surface area contributed by atoms with E-state index in [2.05, 4.69) is 44.2 Å². The van der Waals surface area contributed by atoms with Crippen LogP contribution in [-0.2, 0) is 11.3 Å². The van der Waals surface area contributed by atoms with Crippen LogP contribution in [0.5, 0.6) is 5.75 Å². The zero-order chi connectivity index (χ0) is 20.1. The Morgan fingerprint density at radius 3 is 2.68 bits per heavy atom. The average Bonchev–Trinajstić information content (AvgIpc) is 2.66. The van der Waals surface area contributed by atoms with Crippen LogP contribution in [0, 0.1) is 5.82 Å². The van der Waals surface area contributed by atoms with Crippen LogP contribution in [-0.4, -0.2) is 55.0 Å². The molecule has 0 spiro atoms. The summed E-state index contributed by atoms with van der Waals surface area (Å²) in [5.74, 6) is -0.200. The molecule has 5 nitrogen and oxygen atoms in total. The van der Waals surface area contributed by atoms with E-state index < -0.39 is 6.10 Å². The second kappa shape index (κ2) is 9.49. The third kappa shape index (κ3) is 5.77. The third-order valence-electron chi connectivity index (χ3n) is 4.76. The van der Waals surface area contributed by atoms with E-state index in [9.17, 15) is 9.18 Å². The van der Waals surface area contributed by atoms with Crippen molar-refractivity contribution in [2.75, 3.05) is 38.5 Å². The van der Waals surface area contributed by atoms with Crippen molar-refractivity contribution in [1.82, 2.24) is 9.80 Å². The number of rotatable bonds is 6. The summed E-state index contributed by atoms with van der Waals surface area (Å²) in [5.41, 5.74) is 1.91. The van der Waals surface area contributed by atoms with Gasteiger partial charge in [0.2, 0.25) is 0 Å². The summed E-state index contributed by atoms with van der Waals surface area (Å²) in [7, 11) is 2.14. The van der Waals surface area contributed by atoms with Gasteiger partial charge in [0, 0.05) is 38.4 Å². The van der Waals surface area contributed by atoms with Crippen LogP contribution in [0.4, 0.5) is 10.1 Å². The molecule has 1 N–H and O–H groups in total. The van der Waals surface area contributed by atoms with Crippen LogP contribution < -0.4 is 10.1 Å². The fraction of sp³-hybridized carbons (Fsp3) is 0.381. The lowest BCUT2D eigenvalue weighted by Gasteiger charge is -2.32. The SMILES string of the molecule is CC(Oc1ccc(F)cc1Br)C(=O)Nc1cccc(CN2CCN(C)CC2)c1. The van der Waals surface area contributed by atoms with Gasteiger partial charge in [-0.05, 0) is 65.8 Å². The first kappa shape index (κ1) is 20.8. The molecular formula is C21H25BrFN3O2. The third-order valence-corrected chi connectivity index (χ3v) is 5.38. The van der Waals surface area contributed by atoms with Gasteiger partial charge in [0.1, 0.15) is 11.6 Å². The molecular weight excluding hydrogens is 425 g/mol. The van der Waals surface area contributed by atoms with Gasteiger partial charge in [0.05, 0.1) is 4.47 Å². The Balaban J connectivity index is 1.57. The molecule has 0 bridgehead atoms. The Hall–Kier alpha value is -1.96. The van der Waals surface area contributed by atoms with E-state index in [0.29, 0.717) is 10.2 Å². The molecule has 1 fully saturated rings. The van der Waals surface area contributed by atoms with Crippen molar-refractivity contribution >= 4 is 27.5 Å². The lowest BCUT2D eigenvalue weighted by atomic mass is 10.1. The van der Waals surface area contributed by atoms with E-state index in [1.54, 1.807) is 6.92 Å². The lowest BCUT2D eigenvalue weighted by molar-refractivity contribution is -0.122. The number of hydrogen-bond acceptors (Lipinski definition) is 4. The fourth-order valence-electron chi connectivity index (χ4n) is 3.07. The van der Waals surface area contributed by atoms with Gasteiger partial charge < -0.3 is 15.0 Å². The minimum absolute atomic E-state index is 0.257. The number of amides is 1. The Morgan fingerprint density at radius 1 is 1.21 bits per heavy atom. The van der Waals surface area contributed by atoms with Crippen LogP contribution in [0.3, 0.4) is 0 Å².